The number of aromatic nitrogens is 1. The molecular formula is C13H17Cl2N3. The molecule has 5 heteroatoms. The standard InChI is InChI=1S/C13H17Cl2N3/c14-9-7-10(15)13(16-8-9)17-11-4-6-18-5-2-1-3-12(11)18/h7-8,11-12H,1-6H2,(H,16,17). The molecule has 18 heavy (non-hydrogen) atoms. The van der Waals surface area contributed by atoms with Gasteiger partial charge in [0.25, 0.3) is 0 Å². The molecule has 2 aliphatic rings. The number of rotatable bonds is 2. The number of nitrogens with one attached hydrogen (secondary N) is 1. The van der Waals surface area contributed by atoms with Gasteiger partial charge >= 0.3 is 0 Å². The Kier molecular flexibility index (Phi) is 3.64. The van der Waals surface area contributed by atoms with Crippen LogP contribution in [0.15, 0.2) is 12.3 Å². The Morgan fingerprint density at radius 1 is 1.22 bits per heavy atom. The molecule has 3 heterocycles. The molecule has 3 nitrogen and oxygen atoms in total. The molecule has 2 fully saturated rings. The lowest BCUT2D eigenvalue weighted by Crippen LogP contribution is -2.41. The van der Waals surface area contributed by atoms with Crippen LogP contribution in [0.1, 0.15) is 25.7 Å². The van der Waals surface area contributed by atoms with Crippen molar-refractivity contribution < 1.29 is 0 Å². The number of piperidine rings is 1. The van der Waals surface area contributed by atoms with Crippen LogP contribution < -0.4 is 5.32 Å². The van der Waals surface area contributed by atoms with Crippen LogP contribution in [-0.4, -0.2) is 35.1 Å². The van der Waals surface area contributed by atoms with E-state index in [0.29, 0.717) is 22.1 Å². The van der Waals surface area contributed by atoms with Crippen LogP contribution in [0.4, 0.5) is 5.82 Å². The van der Waals surface area contributed by atoms with E-state index in [1.165, 1.54) is 38.8 Å². The van der Waals surface area contributed by atoms with E-state index in [9.17, 15) is 0 Å². The van der Waals surface area contributed by atoms with Gasteiger partial charge < -0.3 is 5.32 Å². The van der Waals surface area contributed by atoms with Crippen molar-refractivity contribution in [2.75, 3.05) is 18.4 Å². The zero-order chi connectivity index (χ0) is 12.5. The third kappa shape index (κ3) is 2.44. The van der Waals surface area contributed by atoms with Gasteiger partial charge in [-0.25, -0.2) is 4.98 Å². The Hall–Kier alpha value is -0.510. The second-order valence-electron chi connectivity index (χ2n) is 5.12. The predicted molar refractivity (Wildman–Crippen MR) is 75.5 cm³/mol. The molecule has 2 unspecified atom stereocenters. The molecule has 0 spiro atoms. The molecule has 0 radical (unpaired) electrons. The van der Waals surface area contributed by atoms with E-state index < -0.39 is 0 Å². The third-order valence-corrected chi connectivity index (χ3v) is 4.48. The lowest BCUT2D eigenvalue weighted by Gasteiger charge is -2.32. The maximum absolute atomic E-state index is 6.16. The monoisotopic (exact) mass is 285 g/mol. The minimum Gasteiger partial charge on any atom is -0.364 e. The molecule has 0 aliphatic carbocycles. The zero-order valence-electron chi connectivity index (χ0n) is 10.2. The van der Waals surface area contributed by atoms with Crippen LogP contribution in [0, 0.1) is 0 Å². The van der Waals surface area contributed by atoms with Crippen molar-refractivity contribution in [2.24, 2.45) is 0 Å². The van der Waals surface area contributed by atoms with E-state index >= 15 is 0 Å². The summed E-state index contributed by atoms with van der Waals surface area (Å²) in [5.74, 6) is 0.762. The average Bonchev–Trinajstić information content (AvgIpc) is 2.76. The normalized spacial score (nSPS) is 28.1. The Morgan fingerprint density at radius 3 is 2.94 bits per heavy atom. The Bertz CT molecular complexity index is 438. The Labute approximate surface area is 117 Å². The predicted octanol–water partition coefficient (Wildman–Crippen LogP) is 3.43. The first-order chi connectivity index (χ1) is 8.74. The molecule has 98 valence electrons. The van der Waals surface area contributed by atoms with Crippen molar-refractivity contribution in [2.45, 2.75) is 37.8 Å². The summed E-state index contributed by atoms with van der Waals surface area (Å²) in [6, 6.07) is 2.86. The summed E-state index contributed by atoms with van der Waals surface area (Å²) >= 11 is 12.0. The number of pyridine rings is 1. The molecule has 2 aliphatic heterocycles. The minimum atomic E-state index is 0.469. The van der Waals surface area contributed by atoms with E-state index in [4.69, 9.17) is 23.2 Å². The van der Waals surface area contributed by atoms with Crippen LogP contribution in [0.3, 0.4) is 0 Å². The summed E-state index contributed by atoms with van der Waals surface area (Å²) in [6.45, 7) is 2.43. The molecule has 2 atom stereocenters. The highest BCUT2D eigenvalue weighted by atomic mass is 35.5. The van der Waals surface area contributed by atoms with Crippen molar-refractivity contribution >= 4 is 29.0 Å². The van der Waals surface area contributed by atoms with Gasteiger partial charge in [0, 0.05) is 24.8 Å². The van der Waals surface area contributed by atoms with Gasteiger partial charge in [0.2, 0.25) is 0 Å². The van der Waals surface area contributed by atoms with E-state index in [1.54, 1.807) is 12.3 Å². The van der Waals surface area contributed by atoms with Crippen molar-refractivity contribution in [3.05, 3.63) is 22.3 Å². The molecule has 1 aromatic rings. The van der Waals surface area contributed by atoms with Gasteiger partial charge in [-0.3, -0.25) is 4.90 Å². The van der Waals surface area contributed by atoms with E-state index in [-0.39, 0.29) is 0 Å². The summed E-state index contributed by atoms with van der Waals surface area (Å²) in [5.41, 5.74) is 0. The second-order valence-corrected chi connectivity index (χ2v) is 5.97. The van der Waals surface area contributed by atoms with Crippen molar-refractivity contribution in [3.63, 3.8) is 0 Å². The maximum Gasteiger partial charge on any atom is 0.145 e. The maximum atomic E-state index is 6.16. The number of fused-ring (bicyclic) bond motifs is 1. The fourth-order valence-electron chi connectivity index (χ4n) is 3.11. The highest BCUT2D eigenvalue weighted by Gasteiger charge is 2.35. The van der Waals surface area contributed by atoms with Gasteiger partial charge in [-0.15, -0.1) is 0 Å². The van der Waals surface area contributed by atoms with Crippen LogP contribution in [0.5, 0.6) is 0 Å². The first kappa shape index (κ1) is 12.5. The first-order valence-corrected chi connectivity index (χ1v) is 7.31. The van der Waals surface area contributed by atoms with Crippen LogP contribution in [-0.2, 0) is 0 Å². The van der Waals surface area contributed by atoms with Crippen molar-refractivity contribution in [1.29, 1.82) is 0 Å². The molecule has 3 rings (SSSR count). The molecule has 1 N–H and O–H groups in total. The number of hydrogen-bond acceptors (Lipinski definition) is 3. The first-order valence-electron chi connectivity index (χ1n) is 6.55. The smallest absolute Gasteiger partial charge is 0.145 e. The topological polar surface area (TPSA) is 28.2 Å². The highest BCUT2D eigenvalue weighted by molar-refractivity contribution is 6.35. The molecule has 0 aromatic carbocycles. The summed E-state index contributed by atoms with van der Waals surface area (Å²) < 4.78 is 0. The molecule has 1 aromatic heterocycles. The van der Waals surface area contributed by atoms with Gasteiger partial charge in [0.05, 0.1) is 10.0 Å². The Balaban J connectivity index is 1.72. The fourth-order valence-corrected chi connectivity index (χ4v) is 3.55. The summed E-state index contributed by atoms with van der Waals surface area (Å²) in [7, 11) is 0. The van der Waals surface area contributed by atoms with Crippen molar-refractivity contribution in [1.82, 2.24) is 9.88 Å². The van der Waals surface area contributed by atoms with Crippen LogP contribution in [0.25, 0.3) is 0 Å². The second kappa shape index (κ2) is 5.24. The molecule has 2 saturated heterocycles. The lowest BCUT2D eigenvalue weighted by atomic mass is 9.99. The van der Waals surface area contributed by atoms with Crippen LogP contribution in [0.2, 0.25) is 10.0 Å². The molecule has 0 bridgehead atoms. The summed E-state index contributed by atoms with van der Waals surface area (Å²) in [5, 5.41) is 4.68. The average molecular weight is 286 g/mol. The molecular weight excluding hydrogens is 269 g/mol. The SMILES string of the molecule is Clc1cnc(NC2CCN3CCCCC23)c(Cl)c1. The van der Waals surface area contributed by atoms with Gasteiger partial charge in [-0.2, -0.15) is 0 Å². The van der Waals surface area contributed by atoms with E-state index in [1.807, 2.05) is 0 Å². The highest BCUT2D eigenvalue weighted by Crippen LogP contribution is 2.31. The largest absolute Gasteiger partial charge is 0.364 e. The minimum absolute atomic E-state index is 0.469. The van der Waals surface area contributed by atoms with Gasteiger partial charge in [0.1, 0.15) is 5.82 Å². The number of hydrogen-bond donors (Lipinski definition) is 1. The summed E-state index contributed by atoms with van der Waals surface area (Å²) in [6.07, 6.45) is 6.77. The van der Waals surface area contributed by atoms with E-state index in [0.717, 1.165) is 5.82 Å². The quantitative estimate of drug-likeness (QED) is 0.902. The summed E-state index contributed by atoms with van der Waals surface area (Å²) in [4.78, 5) is 6.87. The van der Waals surface area contributed by atoms with Crippen molar-refractivity contribution in [3.8, 4) is 0 Å². The van der Waals surface area contributed by atoms with Gasteiger partial charge in [0.15, 0.2) is 0 Å². The van der Waals surface area contributed by atoms with E-state index in [2.05, 4.69) is 15.2 Å². The fraction of sp³-hybridized carbons (Fsp3) is 0.615. The zero-order valence-corrected chi connectivity index (χ0v) is 11.7. The number of nitrogens with zero attached hydrogens (tertiary/aromatic N) is 2. The Morgan fingerprint density at radius 2 is 2.11 bits per heavy atom. The number of halogens is 2. The molecule has 0 saturated carbocycles. The van der Waals surface area contributed by atoms with Gasteiger partial charge in [-0.1, -0.05) is 29.6 Å². The lowest BCUT2D eigenvalue weighted by molar-refractivity contribution is 0.192. The number of anilines is 1. The van der Waals surface area contributed by atoms with Crippen LogP contribution >= 0.6 is 23.2 Å². The van der Waals surface area contributed by atoms with Gasteiger partial charge in [-0.05, 0) is 31.9 Å². The molecule has 0 amide bonds. The third-order valence-electron chi connectivity index (χ3n) is 3.99.